The molecule has 1 aliphatic rings. The van der Waals surface area contributed by atoms with Crippen LogP contribution in [0.1, 0.15) is 19.8 Å². The maximum Gasteiger partial charge on any atom is 0.255 e. The van der Waals surface area contributed by atoms with Gasteiger partial charge in [-0.05, 0) is 45.0 Å². The summed E-state index contributed by atoms with van der Waals surface area (Å²) < 4.78 is 19.0. The van der Waals surface area contributed by atoms with Crippen LogP contribution in [0.3, 0.4) is 0 Å². The average Bonchev–Trinajstić information content (AvgIpc) is 2.22. The Balaban J connectivity index is 2.10. The van der Waals surface area contributed by atoms with Crippen LogP contribution >= 0.6 is 0 Å². The number of ether oxygens (including phenoxy) is 1. The number of nitrogens with one attached hydrogen (secondary N) is 1. The molecule has 0 aliphatic carbocycles. The van der Waals surface area contributed by atoms with Gasteiger partial charge in [0.1, 0.15) is 5.60 Å². The summed E-state index contributed by atoms with van der Waals surface area (Å²) in [6.45, 7) is 3.84. The minimum atomic E-state index is -0.530. The average molecular weight is 210 g/mol. The Morgan fingerprint density at radius 1 is 1.47 bits per heavy atom. The van der Waals surface area contributed by atoms with E-state index in [0.29, 0.717) is 0 Å². The number of pyridine rings is 1. The Kier molecular flexibility index (Phi) is 2.86. The van der Waals surface area contributed by atoms with E-state index in [1.165, 1.54) is 6.20 Å². The third-order valence-electron chi connectivity index (χ3n) is 2.74. The van der Waals surface area contributed by atoms with Gasteiger partial charge in [0.2, 0.25) is 0 Å². The van der Waals surface area contributed by atoms with Gasteiger partial charge in [0.25, 0.3) is 5.95 Å². The Morgan fingerprint density at radius 2 is 2.20 bits per heavy atom. The first-order valence-electron chi connectivity index (χ1n) is 5.20. The smallest absolute Gasteiger partial charge is 0.255 e. The van der Waals surface area contributed by atoms with Crippen LogP contribution in [-0.4, -0.2) is 23.7 Å². The zero-order valence-electron chi connectivity index (χ0n) is 8.79. The minimum absolute atomic E-state index is 0.252. The molecule has 15 heavy (non-hydrogen) atoms. The monoisotopic (exact) mass is 210 g/mol. The van der Waals surface area contributed by atoms with Crippen molar-refractivity contribution >= 4 is 0 Å². The molecule has 1 aromatic heterocycles. The maximum absolute atomic E-state index is 13.3. The van der Waals surface area contributed by atoms with Gasteiger partial charge in [0.15, 0.2) is 5.75 Å². The molecule has 2 rings (SSSR count). The summed E-state index contributed by atoms with van der Waals surface area (Å²) in [7, 11) is 0. The van der Waals surface area contributed by atoms with E-state index in [0.717, 1.165) is 25.9 Å². The summed E-state index contributed by atoms with van der Waals surface area (Å²) in [5, 5.41) is 3.25. The van der Waals surface area contributed by atoms with Crippen molar-refractivity contribution in [2.75, 3.05) is 13.1 Å². The Morgan fingerprint density at radius 3 is 2.87 bits per heavy atom. The van der Waals surface area contributed by atoms with Crippen LogP contribution in [0.4, 0.5) is 4.39 Å². The molecule has 1 N–H and O–H groups in total. The van der Waals surface area contributed by atoms with Gasteiger partial charge in [-0.1, -0.05) is 0 Å². The van der Waals surface area contributed by atoms with E-state index in [1.54, 1.807) is 12.1 Å². The van der Waals surface area contributed by atoms with Crippen molar-refractivity contribution in [3.05, 3.63) is 24.3 Å². The predicted octanol–water partition coefficient (Wildman–Crippen LogP) is 1.74. The molecule has 1 aromatic rings. The van der Waals surface area contributed by atoms with Crippen LogP contribution < -0.4 is 10.1 Å². The van der Waals surface area contributed by atoms with Crippen LogP contribution in [-0.2, 0) is 0 Å². The molecule has 1 aliphatic heterocycles. The number of aromatic nitrogens is 1. The Hall–Kier alpha value is -1.16. The molecule has 0 bridgehead atoms. The fourth-order valence-electron chi connectivity index (χ4n) is 1.77. The first-order valence-corrected chi connectivity index (χ1v) is 5.20. The van der Waals surface area contributed by atoms with E-state index in [2.05, 4.69) is 10.3 Å². The van der Waals surface area contributed by atoms with Gasteiger partial charge in [-0.25, -0.2) is 4.98 Å². The van der Waals surface area contributed by atoms with Crippen molar-refractivity contribution in [3.8, 4) is 5.75 Å². The summed E-state index contributed by atoms with van der Waals surface area (Å²) in [5.41, 5.74) is -0.269. The second-order valence-electron chi connectivity index (χ2n) is 4.09. The first-order chi connectivity index (χ1) is 7.20. The van der Waals surface area contributed by atoms with Crippen molar-refractivity contribution in [2.24, 2.45) is 0 Å². The topological polar surface area (TPSA) is 34.1 Å². The van der Waals surface area contributed by atoms with E-state index in [9.17, 15) is 4.39 Å². The van der Waals surface area contributed by atoms with Gasteiger partial charge >= 0.3 is 0 Å². The molecule has 0 radical (unpaired) electrons. The molecule has 3 nitrogen and oxygen atoms in total. The zero-order valence-corrected chi connectivity index (χ0v) is 8.79. The summed E-state index contributed by atoms with van der Waals surface area (Å²) >= 11 is 0. The Labute approximate surface area is 88.7 Å². The molecule has 1 fully saturated rings. The summed E-state index contributed by atoms with van der Waals surface area (Å²) in [6, 6.07) is 3.30. The molecular weight excluding hydrogens is 195 g/mol. The molecular formula is C11H15FN2O. The van der Waals surface area contributed by atoms with Gasteiger partial charge in [-0.3, -0.25) is 0 Å². The van der Waals surface area contributed by atoms with Crippen LogP contribution in [0.2, 0.25) is 0 Å². The number of rotatable bonds is 2. The molecule has 2 heterocycles. The maximum atomic E-state index is 13.3. The highest BCUT2D eigenvalue weighted by Gasteiger charge is 2.29. The number of nitrogens with zero attached hydrogens (tertiary/aromatic N) is 1. The molecule has 0 spiro atoms. The fourth-order valence-corrected chi connectivity index (χ4v) is 1.77. The minimum Gasteiger partial charge on any atom is -0.483 e. The lowest BCUT2D eigenvalue weighted by molar-refractivity contribution is 0.0505. The van der Waals surface area contributed by atoms with Gasteiger partial charge in [-0.15, -0.1) is 0 Å². The van der Waals surface area contributed by atoms with Crippen molar-refractivity contribution in [3.63, 3.8) is 0 Å². The molecule has 0 atom stereocenters. The summed E-state index contributed by atoms with van der Waals surface area (Å²) in [6.07, 6.45) is 3.20. The molecule has 82 valence electrons. The van der Waals surface area contributed by atoms with E-state index in [4.69, 9.17) is 4.74 Å². The van der Waals surface area contributed by atoms with Crippen LogP contribution in [0.15, 0.2) is 18.3 Å². The van der Waals surface area contributed by atoms with Crippen molar-refractivity contribution in [2.45, 2.75) is 25.4 Å². The lowest BCUT2D eigenvalue weighted by Crippen LogP contribution is -2.44. The highest BCUT2D eigenvalue weighted by molar-refractivity contribution is 5.19. The standard InChI is InChI=1S/C11H15FN2O/c1-11(4-7-13-8-5-11)15-9-3-2-6-14-10(9)12/h2-3,6,13H,4-5,7-8H2,1H3. The fraction of sp³-hybridized carbons (Fsp3) is 0.545. The summed E-state index contributed by atoms with van der Waals surface area (Å²) in [5.74, 6) is -0.279. The molecule has 4 heteroatoms. The normalized spacial score (nSPS) is 19.9. The third kappa shape index (κ3) is 2.45. The lowest BCUT2D eigenvalue weighted by atomic mass is 9.94. The van der Waals surface area contributed by atoms with Gasteiger partial charge < -0.3 is 10.1 Å². The molecule has 1 saturated heterocycles. The van der Waals surface area contributed by atoms with Crippen LogP contribution in [0.5, 0.6) is 5.75 Å². The third-order valence-corrected chi connectivity index (χ3v) is 2.74. The lowest BCUT2D eigenvalue weighted by Gasteiger charge is -2.34. The van der Waals surface area contributed by atoms with Crippen molar-refractivity contribution in [1.82, 2.24) is 10.3 Å². The van der Waals surface area contributed by atoms with Crippen molar-refractivity contribution in [1.29, 1.82) is 0 Å². The summed E-state index contributed by atoms with van der Waals surface area (Å²) in [4.78, 5) is 3.57. The van der Waals surface area contributed by atoms with E-state index in [-0.39, 0.29) is 11.4 Å². The number of hydrogen-bond donors (Lipinski definition) is 1. The highest BCUT2D eigenvalue weighted by Crippen LogP contribution is 2.26. The Bertz CT molecular complexity index is 337. The molecule has 0 amide bonds. The highest BCUT2D eigenvalue weighted by atomic mass is 19.1. The molecule has 0 saturated carbocycles. The van der Waals surface area contributed by atoms with E-state index >= 15 is 0 Å². The van der Waals surface area contributed by atoms with Gasteiger partial charge in [0, 0.05) is 6.20 Å². The number of piperidine rings is 1. The number of hydrogen-bond acceptors (Lipinski definition) is 3. The first kappa shape index (κ1) is 10.4. The molecule has 0 unspecified atom stereocenters. The SMILES string of the molecule is CC1(Oc2cccnc2F)CCNCC1. The number of halogens is 1. The van der Waals surface area contributed by atoms with E-state index in [1.807, 2.05) is 6.92 Å². The van der Waals surface area contributed by atoms with Gasteiger partial charge in [-0.2, -0.15) is 4.39 Å². The quantitative estimate of drug-likeness (QED) is 0.755. The van der Waals surface area contributed by atoms with E-state index < -0.39 is 5.95 Å². The van der Waals surface area contributed by atoms with Gasteiger partial charge in [0.05, 0.1) is 0 Å². The molecule has 0 aromatic carbocycles. The second-order valence-corrected chi connectivity index (χ2v) is 4.09. The van der Waals surface area contributed by atoms with Crippen molar-refractivity contribution < 1.29 is 9.13 Å². The second kappa shape index (κ2) is 4.14. The van der Waals surface area contributed by atoms with Crippen LogP contribution in [0, 0.1) is 5.95 Å². The predicted molar refractivity (Wildman–Crippen MR) is 55.3 cm³/mol. The largest absolute Gasteiger partial charge is 0.483 e. The zero-order chi connectivity index (χ0) is 10.7. The van der Waals surface area contributed by atoms with Crippen LogP contribution in [0.25, 0.3) is 0 Å².